The molecular formula is C41H47BFN5O5. The lowest BCUT2D eigenvalue weighted by Crippen LogP contribution is -2.65. The lowest BCUT2D eigenvalue weighted by molar-refractivity contribution is -0.0343. The van der Waals surface area contributed by atoms with Gasteiger partial charge < -0.3 is 29.0 Å². The summed E-state index contributed by atoms with van der Waals surface area (Å²) in [5.74, 6) is 0.525. The molecule has 0 unspecified atom stereocenters. The summed E-state index contributed by atoms with van der Waals surface area (Å²) in [5, 5.41) is 12.5. The third-order valence-corrected chi connectivity index (χ3v) is 10.6. The SMILES string of the molecule is CCOc1ncccc1-c1ccc(OC2CC3(C2)CN(c2ccc(F)cc2C#N)C3)c(C=O)n1.CNCCc1cccc(B2OC(C)(C)C(C)(C)O2)c1. The molecule has 3 aliphatic rings. The number of aromatic nitrogens is 2. The highest BCUT2D eigenvalue weighted by molar-refractivity contribution is 6.62. The van der Waals surface area contributed by atoms with Crippen molar-refractivity contribution in [3.8, 4) is 29.0 Å². The van der Waals surface area contributed by atoms with Gasteiger partial charge >= 0.3 is 7.12 Å². The van der Waals surface area contributed by atoms with Crippen LogP contribution in [0.2, 0.25) is 0 Å². The van der Waals surface area contributed by atoms with Crippen molar-refractivity contribution in [2.45, 2.75) is 71.2 Å². The zero-order valence-corrected chi connectivity index (χ0v) is 31.3. The number of nitriles is 1. The average Bonchev–Trinajstić information content (AvgIpc) is 3.34. The predicted molar refractivity (Wildman–Crippen MR) is 203 cm³/mol. The Balaban J connectivity index is 0.000000214. The number of rotatable bonds is 11. The van der Waals surface area contributed by atoms with Crippen molar-refractivity contribution in [1.82, 2.24) is 15.3 Å². The zero-order chi connectivity index (χ0) is 37.8. The first-order valence-electron chi connectivity index (χ1n) is 18.1. The van der Waals surface area contributed by atoms with E-state index in [-0.39, 0.29) is 35.5 Å². The molecule has 0 amide bonds. The third kappa shape index (κ3) is 8.23. The van der Waals surface area contributed by atoms with E-state index in [4.69, 9.17) is 18.8 Å². The number of ether oxygens (including phenoxy) is 2. The molecule has 4 aromatic rings. The van der Waals surface area contributed by atoms with Crippen LogP contribution in [0.5, 0.6) is 11.6 Å². The van der Waals surface area contributed by atoms with Crippen molar-refractivity contribution >= 4 is 24.6 Å². The second kappa shape index (κ2) is 15.6. The largest absolute Gasteiger partial charge is 0.494 e. The van der Waals surface area contributed by atoms with Crippen molar-refractivity contribution in [3.63, 3.8) is 0 Å². The number of likely N-dealkylation sites (N-methyl/N-ethyl adjacent to an activating group) is 1. The van der Waals surface area contributed by atoms with E-state index in [0.29, 0.717) is 41.3 Å². The van der Waals surface area contributed by atoms with Gasteiger partial charge in [0.15, 0.2) is 6.29 Å². The first-order chi connectivity index (χ1) is 25.4. The summed E-state index contributed by atoms with van der Waals surface area (Å²) in [6.45, 7) is 13.3. The number of nitrogens with one attached hydrogen (secondary N) is 1. The van der Waals surface area contributed by atoms with Crippen LogP contribution in [0.15, 0.2) is 72.9 Å². The molecule has 7 rings (SSSR count). The Bertz CT molecular complexity index is 1950. The smallest absolute Gasteiger partial charge is 0.488 e. The van der Waals surface area contributed by atoms with Crippen molar-refractivity contribution in [2.75, 3.05) is 38.2 Å². The van der Waals surface area contributed by atoms with Gasteiger partial charge in [-0.15, -0.1) is 0 Å². The number of anilines is 1. The highest BCUT2D eigenvalue weighted by Gasteiger charge is 2.54. The highest BCUT2D eigenvalue weighted by Crippen LogP contribution is 2.51. The summed E-state index contributed by atoms with van der Waals surface area (Å²) < 4.78 is 37.3. The molecule has 1 spiro atoms. The molecule has 2 aromatic carbocycles. The molecule has 3 fully saturated rings. The quantitative estimate of drug-likeness (QED) is 0.143. The second-order valence-electron chi connectivity index (χ2n) is 15.0. The first-order valence-corrected chi connectivity index (χ1v) is 18.1. The Morgan fingerprint density at radius 3 is 2.49 bits per heavy atom. The molecule has 53 heavy (non-hydrogen) atoms. The molecule has 276 valence electrons. The number of carbonyl (C=O) groups excluding carboxylic acids is 1. The summed E-state index contributed by atoms with van der Waals surface area (Å²) in [6, 6.07) is 22.1. The van der Waals surface area contributed by atoms with Gasteiger partial charge in [0.2, 0.25) is 5.88 Å². The van der Waals surface area contributed by atoms with Crippen molar-refractivity contribution in [3.05, 3.63) is 95.6 Å². The van der Waals surface area contributed by atoms with Gasteiger partial charge in [-0.1, -0.05) is 24.3 Å². The van der Waals surface area contributed by atoms with Crippen LogP contribution in [-0.2, 0) is 15.7 Å². The normalized spacial score (nSPS) is 17.9. The van der Waals surface area contributed by atoms with E-state index in [2.05, 4.69) is 78.2 Å². The van der Waals surface area contributed by atoms with Crippen LogP contribution < -0.4 is 25.2 Å². The first kappa shape index (κ1) is 37.9. The second-order valence-corrected chi connectivity index (χ2v) is 15.0. The van der Waals surface area contributed by atoms with Gasteiger partial charge in [-0.3, -0.25) is 4.79 Å². The number of hydrogen-bond donors (Lipinski definition) is 1. The van der Waals surface area contributed by atoms with E-state index in [1.807, 2.05) is 20.0 Å². The number of halogens is 1. The van der Waals surface area contributed by atoms with Gasteiger partial charge in [0.1, 0.15) is 29.4 Å². The topological polar surface area (TPSA) is 119 Å². The zero-order valence-electron chi connectivity index (χ0n) is 31.3. The van der Waals surface area contributed by atoms with E-state index in [9.17, 15) is 14.4 Å². The van der Waals surface area contributed by atoms with Gasteiger partial charge in [-0.05, 0) is 121 Å². The molecule has 2 aliphatic heterocycles. The molecule has 12 heteroatoms. The predicted octanol–water partition coefficient (Wildman–Crippen LogP) is 6.16. The fourth-order valence-corrected chi connectivity index (χ4v) is 7.01. The monoisotopic (exact) mass is 719 g/mol. The molecule has 10 nitrogen and oxygen atoms in total. The van der Waals surface area contributed by atoms with Gasteiger partial charge in [0, 0.05) is 24.7 Å². The molecule has 2 aromatic heterocycles. The Morgan fingerprint density at radius 1 is 1.06 bits per heavy atom. The van der Waals surface area contributed by atoms with Gasteiger partial charge in [0.25, 0.3) is 0 Å². The summed E-state index contributed by atoms with van der Waals surface area (Å²) >= 11 is 0. The van der Waals surface area contributed by atoms with Gasteiger partial charge in [-0.2, -0.15) is 5.26 Å². The van der Waals surface area contributed by atoms with E-state index in [0.717, 1.165) is 50.0 Å². The van der Waals surface area contributed by atoms with Crippen molar-refractivity contribution < 1.29 is 28.0 Å². The lowest BCUT2D eigenvalue weighted by atomic mass is 9.61. The van der Waals surface area contributed by atoms with Crippen LogP contribution in [0.1, 0.15) is 69.1 Å². The molecule has 0 atom stereocenters. The average molecular weight is 720 g/mol. The maximum absolute atomic E-state index is 13.4. The van der Waals surface area contributed by atoms with Crippen LogP contribution in [-0.4, -0.2) is 74.0 Å². The fourth-order valence-electron chi connectivity index (χ4n) is 7.01. The van der Waals surface area contributed by atoms with Crippen LogP contribution in [0.4, 0.5) is 10.1 Å². The molecular weight excluding hydrogens is 672 g/mol. The standard InChI is InChI=1S/C26H23FN4O3.C15H24BNO2/c1-2-33-25-20(4-3-9-29-25)21-6-8-24(22(14-32)30-21)34-19-11-26(12-19)15-31(16-26)23-7-5-18(27)10-17(23)13-28;1-14(2)15(3,4)19-16(18-14)13-8-6-7-12(11-13)9-10-17-5/h3-10,14,19H,2,11-12,15-16H2,1H3;6-8,11,17H,9-10H2,1-5H3. The van der Waals surface area contributed by atoms with Crippen molar-refractivity contribution in [1.29, 1.82) is 5.26 Å². The molecule has 1 saturated carbocycles. The number of aldehydes is 1. The van der Waals surface area contributed by atoms with E-state index < -0.39 is 5.82 Å². The number of pyridine rings is 2. The molecule has 0 radical (unpaired) electrons. The van der Waals surface area contributed by atoms with Crippen LogP contribution >= 0.6 is 0 Å². The number of hydrogen-bond acceptors (Lipinski definition) is 10. The summed E-state index contributed by atoms with van der Waals surface area (Å²) in [4.78, 5) is 22.6. The Labute approximate surface area is 311 Å². The minimum absolute atomic E-state index is 0.00506. The molecule has 1 aliphatic carbocycles. The minimum atomic E-state index is -0.407. The fraction of sp³-hybridized carbons (Fsp3) is 0.415. The van der Waals surface area contributed by atoms with Crippen LogP contribution in [0, 0.1) is 22.6 Å². The summed E-state index contributed by atoms with van der Waals surface area (Å²) in [7, 11) is 1.71. The third-order valence-electron chi connectivity index (χ3n) is 10.6. The molecule has 2 saturated heterocycles. The molecule has 1 N–H and O–H groups in total. The van der Waals surface area contributed by atoms with Gasteiger partial charge in [-0.25, -0.2) is 14.4 Å². The van der Waals surface area contributed by atoms with E-state index >= 15 is 0 Å². The summed E-state index contributed by atoms with van der Waals surface area (Å²) in [5.41, 5.74) is 4.65. The summed E-state index contributed by atoms with van der Waals surface area (Å²) in [6.07, 6.45) is 5.07. The Hall–Kier alpha value is -4.83. The number of benzene rings is 2. The molecule has 0 bridgehead atoms. The Morgan fingerprint density at radius 2 is 1.81 bits per heavy atom. The van der Waals surface area contributed by atoms with Crippen LogP contribution in [0.3, 0.4) is 0 Å². The lowest BCUT2D eigenvalue weighted by Gasteiger charge is -2.59. The van der Waals surface area contributed by atoms with Crippen molar-refractivity contribution in [2.24, 2.45) is 5.41 Å². The maximum Gasteiger partial charge on any atom is 0.494 e. The van der Waals surface area contributed by atoms with E-state index in [1.165, 1.54) is 17.7 Å². The maximum atomic E-state index is 13.4. The minimum Gasteiger partial charge on any atom is -0.488 e. The number of nitrogens with zero attached hydrogens (tertiary/aromatic N) is 4. The van der Waals surface area contributed by atoms with Crippen LogP contribution in [0.25, 0.3) is 11.3 Å². The van der Waals surface area contributed by atoms with E-state index in [1.54, 1.807) is 30.5 Å². The Kier molecular flexibility index (Phi) is 11.2. The number of carbonyl (C=O) groups is 1. The van der Waals surface area contributed by atoms with Gasteiger partial charge in [0.05, 0.1) is 40.3 Å². The highest BCUT2D eigenvalue weighted by atomic mass is 19.1. The molecule has 4 heterocycles.